The quantitative estimate of drug-likeness (QED) is 0.229. The number of aryl methyl sites for hydroxylation is 1. The molecule has 38 heavy (non-hydrogen) atoms. The van der Waals surface area contributed by atoms with Crippen LogP contribution in [0.5, 0.6) is 0 Å². The molecule has 0 unspecified atom stereocenters. The monoisotopic (exact) mass is 525 g/mol. The minimum atomic E-state index is -0.565. The van der Waals surface area contributed by atoms with E-state index in [2.05, 4.69) is 20.9 Å². The third kappa shape index (κ3) is 5.16. The van der Waals surface area contributed by atoms with Gasteiger partial charge in [-0.05, 0) is 49.4 Å². The molecule has 2 aromatic heterocycles. The van der Waals surface area contributed by atoms with Gasteiger partial charge in [-0.15, -0.1) is 0 Å². The van der Waals surface area contributed by atoms with Crippen molar-refractivity contribution in [3.8, 4) is 16.9 Å². The molecule has 9 heteroatoms. The maximum absolute atomic E-state index is 13.3. The predicted molar refractivity (Wildman–Crippen MR) is 145 cm³/mol. The van der Waals surface area contributed by atoms with E-state index in [0.717, 1.165) is 5.56 Å². The van der Waals surface area contributed by atoms with Crippen LogP contribution < -0.4 is 10.9 Å². The highest BCUT2D eigenvalue weighted by Crippen LogP contribution is 2.26. The predicted octanol–water partition coefficient (Wildman–Crippen LogP) is 5.66. The maximum atomic E-state index is 13.3. The highest BCUT2D eigenvalue weighted by molar-refractivity contribution is 6.31. The van der Waals surface area contributed by atoms with Gasteiger partial charge in [-0.3, -0.25) is 20.4 Å². The number of carbonyl (C=O) groups excluding carboxylic acids is 2. The van der Waals surface area contributed by atoms with Gasteiger partial charge < -0.3 is 0 Å². The van der Waals surface area contributed by atoms with Crippen molar-refractivity contribution in [2.75, 3.05) is 0 Å². The molecule has 5 rings (SSSR count). The van der Waals surface area contributed by atoms with Crippen LogP contribution >= 0.6 is 11.6 Å². The van der Waals surface area contributed by atoms with E-state index in [1.54, 1.807) is 31.2 Å². The summed E-state index contributed by atoms with van der Waals surface area (Å²) in [5.41, 5.74) is 9.08. The summed E-state index contributed by atoms with van der Waals surface area (Å²) in [7, 11) is 0. The van der Waals surface area contributed by atoms with Gasteiger partial charge >= 0.3 is 0 Å². The fourth-order valence-electron chi connectivity index (χ4n) is 3.96. The Morgan fingerprint density at radius 2 is 1.66 bits per heavy atom. The first-order valence-electron chi connectivity index (χ1n) is 11.7. The molecule has 0 spiro atoms. The number of hydrogen-bond donors (Lipinski definition) is 2. The molecule has 0 aliphatic carbocycles. The highest BCUT2D eigenvalue weighted by Gasteiger charge is 2.15. The average Bonchev–Trinajstić information content (AvgIpc) is 3.23. The summed E-state index contributed by atoms with van der Waals surface area (Å²) >= 11 is 6.46. The zero-order valence-electron chi connectivity index (χ0n) is 20.2. The number of nitrogens with one attached hydrogen (secondary N) is 2. The molecule has 0 saturated carbocycles. The van der Waals surface area contributed by atoms with Crippen LogP contribution in [0.4, 0.5) is 4.39 Å². The molecule has 0 atom stereocenters. The Hall–Kier alpha value is -4.82. The molecule has 0 aliphatic heterocycles. The van der Waals surface area contributed by atoms with Crippen LogP contribution in [0.3, 0.4) is 0 Å². The number of para-hydroxylation sites is 1. The molecule has 0 saturated heterocycles. The number of fused-ring (bicyclic) bond motifs is 1. The number of aromatic nitrogens is 3. The van der Waals surface area contributed by atoms with E-state index in [9.17, 15) is 14.0 Å². The van der Waals surface area contributed by atoms with E-state index in [1.165, 1.54) is 29.0 Å². The average molecular weight is 526 g/mol. The second kappa shape index (κ2) is 10.7. The van der Waals surface area contributed by atoms with Gasteiger partial charge in [0.15, 0.2) is 0 Å². The molecule has 0 aliphatic rings. The van der Waals surface area contributed by atoms with Gasteiger partial charge in [0.05, 0.1) is 28.2 Å². The van der Waals surface area contributed by atoms with Gasteiger partial charge in [-0.2, -0.15) is 5.10 Å². The number of hydrogen-bond acceptors (Lipinski definition) is 4. The Kier molecular flexibility index (Phi) is 6.97. The molecule has 188 valence electrons. The topological polar surface area (TPSA) is 88.9 Å². The standard InChI is InChI=1S/C29H21ClFN5O2/c1-18-22(28(30)36(35-18)21-13-11-20(31)12-14-21)15-16-27(37)33-34-29(38)24-17-26(19-7-3-2-4-8-19)32-25-10-6-5-9-23(24)25/h2-17H,1H3,(H,33,37)(H,34,38). The highest BCUT2D eigenvalue weighted by atomic mass is 35.5. The molecule has 7 nitrogen and oxygen atoms in total. The summed E-state index contributed by atoms with van der Waals surface area (Å²) in [6.45, 7) is 1.74. The number of amides is 2. The van der Waals surface area contributed by atoms with Crippen molar-refractivity contribution in [1.29, 1.82) is 0 Å². The Bertz CT molecular complexity index is 1680. The van der Waals surface area contributed by atoms with Crippen LogP contribution in [-0.4, -0.2) is 26.6 Å². The summed E-state index contributed by atoms with van der Waals surface area (Å²) in [6, 6.07) is 24.3. The van der Waals surface area contributed by atoms with Gasteiger partial charge in [-0.25, -0.2) is 14.1 Å². The van der Waals surface area contributed by atoms with E-state index >= 15 is 0 Å². The summed E-state index contributed by atoms with van der Waals surface area (Å²) < 4.78 is 14.7. The first-order chi connectivity index (χ1) is 18.4. The number of benzene rings is 3. The maximum Gasteiger partial charge on any atom is 0.270 e. The van der Waals surface area contributed by atoms with Crippen LogP contribution in [0.15, 0.2) is 91.0 Å². The van der Waals surface area contributed by atoms with Gasteiger partial charge in [0.25, 0.3) is 11.8 Å². The first kappa shape index (κ1) is 24.9. The van der Waals surface area contributed by atoms with Crippen LogP contribution in [0.1, 0.15) is 21.6 Å². The molecule has 2 amide bonds. The molecule has 3 aromatic carbocycles. The molecule has 5 aromatic rings. The molecule has 2 N–H and O–H groups in total. The number of halogens is 2. The van der Waals surface area contributed by atoms with E-state index in [4.69, 9.17) is 11.6 Å². The fourth-order valence-corrected chi connectivity index (χ4v) is 4.30. The van der Waals surface area contributed by atoms with Crippen molar-refractivity contribution in [2.24, 2.45) is 0 Å². The van der Waals surface area contributed by atoms with Crippen molar-refractivity contribution in [2.45, 2.75) is 6.92 Å². The minimum Gasteiger partial charge on any atom is -0.268 e. The second-order valence-corrected chi connectivity index (χ2v) is 8.75. The van der Waals surface area contributed by atoms with Crippen molar-refractivity contribution in [3.63, 3.8) is 0 Å². The smallest absolute Gasteiger partial charge is 0.268 e. The number of carbonyl (C=O) groups is 2. The second-order valence-electron chi connectivity index (χ2n) is 8.39. The van der Waals surface area contributed by atoms with Crippen molar-refractivity contribution in [1.82, 2.24) is 25.6 Å². The van der Waals surface area contributed by atoms with Gasteiger partial charge in [-0.1, -0.05) is 60.1 Å². The van der Waals surface area contributed by atoms with Crippen LogP contribution in [-0.2, 0) is 4.79 Å². The molecule has 2 heterocycles. The Labute approximate surface area is 222 Å². The van der Waals surface area contributed by atoms with Crippen molar-refractivity contribution in [3.05, 3.63) is 119 Å². The lowest BCUT2D eigenvalue weighted by atomic mass is 10.0. The van der Waals surface area contributed by atoms with Crippen LogP contribution in [0.2, 0.25) is 5.15 Å². The molecular formula is C29H21ClFN5O2. The Morgan fingerprint density at radius 1 is 0.947 bits per heavy atom. The van der Waals surface area contributed by atoms with Crippen LogP contribution in [0.25, 0.3) is 33.9 Å². The number of rotatable bonds is 5. The first-order valence-corrected chi connectivity index (χ1v) is 12.0. The summed E-state index contributed by atoms with van der Waals surface area (Å²) in [5, 5.41) is 5.29. The Balaban J connectivity index is 1.32. The van der Waals surface area contributed by atoms with Gasteiger partial charge in [0, 0.05) is 22.6 Å². The normalized spacial score (nSPS) is 11.1. The fraction of sp³-hybridized carbons (Fsp3) is 0.0345. The minimum absolute atomic E-state index is 0.263. The lowest BCUT2D eigenvalue weighted by Gasteiger charge is -2.11. The summed E-state index contributed by atoms with van der Waals surface area (Å²) in [5.74, 6) is -1.42. The van der Waals surface area contributed by atoms with Gasteiger partial charge in [0.1, 0.15) is 11.0 Å². The molecule has 0 radical (unpaired) electrons. The third-order valence-corrected chi connectivity index (χ3v) is 6.21. The molecule has 0 bridgehead atoms. The lowest BCUT2D eigenvalue weighted by Crippen LogP contribution is -2.40. The van der Waals surface area contributed by atoms with Crippen LogP contribution in [0, 0.1) is 12.7 Å². The summed E-state index contributed by atoms with van der Waals surface area (Å²) in [4.78, 5) is 30.3. The van der Waals surface area contributed by atoms with E-state index in [1.807, 2.05) is 48.5 Å². The van der Waals surface area contributed by atoms with E-state index in [0.29, 0.717) is 39.1 Å². The van der Waals surface area contributed by atoms with Crippen molar-refractivity contribution < 1.29 is 14.0 Å². The number of nitrogens with zero attached hydrogens (tertiary/aromatic N) is 3. The SMILES string of the molecule is Cc1nn(-c2ccc(F)cc2)c(Cl)c1C=CC(=O)NNC(=O)c1cc(-c2ccccc2)nc2ccccc12. The Morgan fingerprint density at radius 3 is 2.42 bits per heavy atom. The lowest BCUT2D eigenvalue weighted by molar-refractivity contribution is -0.117. The van der Waals surface area contributed by atoms with E-state index in [-0.39, 0.29) is 11.0 Å². The number of pyridine rings is 1. The largest absolute Gasteiger partial charge is 0.270 e. The molecule has 0 fully saturated rings. The molecular weight excluding hydrogens is 505 g/mol. The zero-order valence-corrected chi connectivity index (χ0v) is 20.9. The number of hydrazine groups is 1. The summed E-state index contributed by atoms with van der Waals surface area (Å²) in [6.07, 6.45) is 2.74. The zero-order chi connectivity index (χ0) is 26.6. The van der Waals surface area contributed by atoms with E-state index < -0.39 is 11.8 Å². The van der Waals surface area contributed by atoms with Crippen molar-refractivity contribution >= 4 is 40.4 Å². The van der Waals surface area contributed by atoms with Gasteiger partial charge in [0.2, 0.25) is 0 Å². The third-order valence-electron chi connectivity index (χ3n) is 5.85.